The normalized spacial score (nSPS) is 17.2. The molecule has 37 heavy (non-hydrogen) atoms. The van der Waals surface area contributed by atoms with Crippen LogP contribution in [-0.4, -0.2) is 66.2 Å². The molecule has 2 aromatic heterocycles. The minimum Gasteiger partial charge on any atom is -0.394 e. The van der Waals surface area contributed by atoms with Crippen LogP contribution in [0.4, 0.5) is 10.8 Å². The summed E-state index contributed by atoms with van der Waals surface area (Å²) < 4.78 is 29.6. The molecule has 2 N–H and O–H groups in total. The number of amides is 1. The molecule has 196 valence electrons. The van der Waals surface area contributed by atoms with Gasteiger partial charge in [0.15, 0.2) is 5.13 Å². The van der Waals surface area contributed by atoms with Crippen molar-refractivity contribution in [2.75, 3.05) is 35.9 Å². The molecule has 2 aromatic carbocycles. The first-order chi connectivity index (χ1) is 17.8. The second-order valence-electron chi connectivity index (χ2n) is 8.85. The number of aromatic nitrogens is 2. The SMILES string of the molecule is C[C@H](C(=O)N1CCN(c2ccc(S(=O)(=O)Nc3nccs3)cc2)C[C@H]1CO)n1ccc2ccc(Cl)cc21.[HH]. The molecule has 12 heteroatoms. The molecule has 2 atom stereocenters. The van der Waals surface area contributed by atoms with E-state index in [2.05, 4.69) is 9.71 Å². The van der Waals surface area contributed by atoms with E-state index >= 15 is 0 Å². The lowest BCUT2D eigenvalue weighted by Gasteiger charge is -2.42. The van der Waals surface area contributed by atoms with Crippen LogP contribution in [-0.2, 0) is 14.8 Å². The van der Waals surface area contributed by atoms with Crippen molar-refractivity contribution in [1.82, 2.24) is 14.5 Å². The molecule has 1 amide bonds. The zero-order valence-electron chi connectivity index (χ0n) is 20.0. The van der Waals surface area contributed by atoms with Gasteiger partial charge in [0.2, 0.25) is 5.91 Å². The van der Waals surface area contributed by atoms with Gasteiger partial charge in [0, 0.05) is 49.5 Å². The van der Waals surface area contributed by atoms with Crippen LogP contribution in [0.15, 0.2) is 71.2 Å². The molecule has 0 aliphatic carbocycles. The number of hydrogen-bond donors (Lipinski definition) is 2. The third kappa shape index (κ3) is 5.17. The van der Waals surface area contributed by atoms with Crippen LogP contribution >= 0.6 is 22.9 Å². The molecule has 4 aromatic rings. The lowest BCUT2D eigenvalue weighted by molar-refractivity contribution is -0.138. The lowest BCUT2D eigenvalue weighted by Crippen LogP contribution is -2.57. The number of anilines is 2. The van der Waals surface area contributed by atoms with E-state index < -0.39 is 22.1 Å². The molecule has 1 aliphatic heterocycles. The number of aliphatic hydroxyl groups is 1. The van der Waals surface area contributed by atoms with Gasteiger partial charge in [-0.2, -0.15) is 0 Å². The van der Waals surface area contributed by atoms with E-state index in [4.69, 9.17) is 11.6 Å². The molecule has 0 spiro atoms. The summed E-state index contributed by atoms with van der Waals surface area (Å²) in [4.78, 5) is 21.4. The Kier molecular flexibility index (Phi) is 7.13. The van der Waals surface area contributed by atoms with Crippen LogP contribution in [0.3, 0.4) is 0 Å². The van der Waals surface area contributed by atoms with Crippen LogP contribution in [0, 0.1) is 0 Å². The van der Waals surface area contributed by atoms with Gasteiger partial charge in [-0.05, 0) is 54.8 Å². The highest BCUT2D eigenvalue weighted by Gasteiger charge is 2.33. The molecule has 9 nitrogen and oxygen atoms in total. The number of piperazine rings is 1. The Morgan fingerprint density at radius 2 is 2.03 bits per heavy atom. The molecule has 3 heterocycles. The number of carbonyl (C=O) groups excluding carboxylic acids is 1. The summed E-state index contributed by atoms with van der Waals surface area (Å²) in [5, 5.41) is 13.7. The first-order valence-corrected chi connectivity index (χ1v) is 14.5. The zero-order valence-corrected chi connectivity index (χ0v) is 22.4. The van der Waals surface area contributed by atoms with Crippen LogP contribution < -0.4 is 9.62 Å². The van der Waals surface area contributed by atoms with E-state index in [0.717, 1.165) is 16.6 Å². The van der Waals surface area contributed by atoms with Gasteiger partial charge in [0.1, 0.15) is 6.04 Å². The molecule has 0 bridgehead atoms. The molecule has 1 fully saturated rings. The van der Waals surface area contributed by atoms with Crippen LogP contribution in [0.5, 0.6) is 0 Å². The van der Waals surface area contributed by atoms with Crippen molar-refractivity contribution in [3.63, 3.8) is 0 Å². The number of thiazole rings is 1. The smallest absolute Gasteiger partial charge is 0.263 e. The van der Waals surface area contributed by atoms with Crippen LogP contribution in [0.1, 0.15) is 14.4 Å². The molecule has 1 aliphatic rings. The standard InChI is InChI=1S/C25H26ClN5O4S2.H2/c1-17(30-10-8-18-2-3-19(26)14-23(18)30)24(33)31-12-11-29(15-21(31)16-32)20-4-6-22(7-5-20)37(34,35)28-25-27-9-13-36-25;/h2-10,13-14,17,21,32H,11-12,15-16H2,1H3,(H,27,28);1H/t17-,21+;/m1./s1. The number of halogens is 1. The minimum atomic E-state index is -3.74. The predicted octanol–water partition coefficient (Wildman–Crippen LogP) is 4.07. The monoisotopic (exact) mass is 561 g/mol. The number of fused-ring (bicyclic) bond motifs is 1. The Bertz CT molecular complexity index is 1510. The maximum Gasteiger partial charge on any atom is 0.263 e. The first-order valence-electron chi connectivity index (χ1n) is 11.7. The second kappa shape index (κ2) is 10.3. The Morgan fingerprint density at radius 3 is 2.73 bits per heavy atom. The molecule has 0 radical (unpaired) electrons. The summed E-state index contributed by atoms with van der Waals surface area (Å²) in [5.41, 5.74) is 1.70. The number of aliphatic hydroxyl groups excluding tert-OH is 1. The number of benzene rings is 2. The summed E-state index contributed by atoms with van der Waals surface area (Å²) in [6.07, 6.45) is 3.41. The van der Waals surface area contributed by atoms with Crippen molar-refractivity contribution in [2.24, 2.45) is 0 Å². The van der Waals surface area contributed by atoms with E-state index in [1.807, 2.05) is 46.9 Å². The Labute approximate surface area is 225 Å². The van der Waals surface area contributed by atoms with Crippen molar-refractivity contribution in [2.45, 2.75) is 23.9 Å². The fourth-order valence-corrected chi connectivity index (χ4v) is 6.59. The van der Waals surface area contributed by atoms with Gasteiger partial charge in [0.05, 0.1) is 23.1 Å². The lowest BCUT2D eigenvalue weighted by atomic mass is 10.1. The maximum absolute atomic E-state index is 13.5. The van der Waals surface area contributed by atoms with Gasteiger partial charge in [-0.1, -0.05) is 17.7 Å². The van der Waals surface area contributed by atoms with Gasteiger partial charge >= 0.3 is 0 Å². The van der Waals surface area contributed by atoms with Gasteiger partial charge in [0.25, 0.3) is 10.0 Å². The van der Waals surface area contributed by atoms with Gasteiger partial charge in [-0.3, -0.25) is 9.52 Å². The number of sulfonamides is 1. The largest absolute Gasteiger partial charge is 0.394 e. The average molecular weight is 562 g/mol. The van der Waals surface area contributed by atoms with E-state index in [1.165, 1.54) is 17.5 Å². The topological polar surface area (TPSA) is 108 Å². The summed E-state index contributed by atoms with van der Waals surface area (Å²) >= 11 is 7.38. The van der Waals surface area contributed by atoms with Gasteiger partial charge in [-0.15, -0.1) is 11.3 Å². The molecular weight excluding hydrogens is 534 g/mol. The third-order valence-corrected chi connectivity index (χ3v) is 9.01. The zero-order chi connectivity index (χ0) is 26.2. The number of hydrogen-bond acceptors (Lipinski definition) is 7. The number of rotatable bonds is 7. The molecule has 0 saturated carbocycles. The van der Waals surface area contributed by atoms with Crippen LogP contribution in [0.2, 0.25) is 5.02 Å². The number of nitrogens with zero attached hydrogens (tertiary/aromatic N) is 4. The average Bonchev–Trinajstić information content (AvgIpc) is 3.57. The molecule has 0 unspecified atom stereocenters. The maximum atomic E-state index is 13.5. The molecular formula is C25H28ClN5O4S2. The van der Waals surface area contributed by atoms with Crippen LogP contribution in [0.25, 0.3) is 10.9 Å². The highest BCUT2D eigenvalue weighted by Crippen LogP contribution is 2.27. The van der Waals surface area contributed by atoms with Crippen molar-refractivity contribution < 1.29 is 19.7 Å². The minimum absolute atomic E-state index is 0. The highest BCUT2D eigenvalue weighted by molar-refractivity contribution is 7.93. The van der Waals surface area contributed by atoms with Crippen molar-refractivity contribution >= 4 is 60.6 Å². The van der Waals surface area contributed by atoms with E-state index in [9.17, 15) is 18.3 Å². The second-order valence-corrected chi connectivity index (χ2v) is 11.9. The number of nitrogens with one attached hydrogen (secondary N) is 1. The van der Waals surface area contributed by atoms with Gasteiger partial charge < -0.3 is 19.5 Å². The van der Waals surface area contributed by atoms with E-state index in [1.54, 1.807) is 34.5 Å². The fourth-order valence-electron chi connectivity index (χ4n) is 4.64. The summed E-state index contributed by atoms with van der Waals surface area (Å²) in [6.45, 7) is 3.08. The summed E-state index contributed by atoms with van der Waals surface area (Å²) in [6, 6.07) is 13.2. The molecule has 1 saturated heterocycles. The third-order valence-electron chi connectivity index (χ3n) is 6.60. The van der Waals surface area contributed by atoms with Crippen molar-refractivity contribution in [3.05, 3.63) is 71.3 Å². The summed E-state index contributed by atoms with van der Waals surface area (Å²) in [7, 11) is -3.74. The van der Waals surface area contributed by atoms with Crippen molar-refractivity contribution in [1.29, 1.82) is 0 Å². The first kappa shape index (κ1) is 25.5. The van der Waals surface area contributed by atoms with E-state index in [-0.39, 0.29) is 18.8 Å². The Hall–Kier alpha value is -3.12. The van der Waals surface area contributed by atoms with Gasteiger partial charge in [-0.25, -0.2) is 13.4 Å². The van der Waals surface area contributed by atoms with Crippen molar-refractivity contribution in [3.8, 4) is 0 Å². The van der Waals surface area contributed by atoms with E-state index in [0.29, 0.717) is 29.8 Å². The summed E-state index contributed by atoms with van der Waals surface area (Å²) in [5.74, 6) is -0.0779. The predicted molar refractivity (Wildman–Crippen MR) is 148 cm³/mol. The Balaban J connectivity index is 0.00000336. The number of carbonyl (C=O) groups is 1. The Morgan fingerprint density at radius 1 is 1.24 bits per heavy atom. The fraction of sp³-hybridized carbons (Fsp3) is 0.280. The molecule has 5 rings (SSSR count). The highest BCUT2D eigenvalue weighted by atomic mass is 35.5. The quantitative estimate of drug-likeness (QED) is 0.352.